The molecule has 9 heteroatoms. The van der Waals surface area contributed by atoms with Crippen LogP contribution < -0.4 is 16.8 Å². The number of hydrogen-bond acceptors (Lipinski definition) is 9. The third-order valence-electron chi connectivity index (χ3n) is 4.35. The number of nitrogens with two attached hydrogens (primary N) is 2. The van der Waals surface area contributed by atoms with E-state index < -0.39 is 54.1 Å². The normalized spacial score (nSPS) is 50.1. The number of ether oxygens (including phenoxy) is 2. The molecule has 0 radical (unpaired) electrons. The molecule has 22 heavy (non-hydrogen) atoms. The van der Waals surface area contributed by atoms with Crippen molar-refractivity contribution in [2.45, 2.75) is 61.7 Å². The van der Waals surface area contributed by atoms with Crippen molar-refractivity contribution >= 4 is 5.78 Å². The molecule has 1 aliphatic carbocycles. The second-order valence-electron chi connectivity index (χ2n) is 6.25. The highest BCUT2D eigenvalue weighted by Gasteiger charge is 2.49. The van der Waals surface area contributed by atoms with Crippen LogP contribution in [-0.2, 0) is 14.3 Å². The van der Waals surface area contributed by atoms with Crippen LogP contribution in [-0.4, -0.2) is 83.1 Å². The third kappa shape index (κ3) is 3.17. The predicted octanol–water partition coefficient (Wildman–Crippen LogP) is -3.58. The van der Waals surface area contributed by atoms with Crippen molar-refractivity contribution in [3.8, 4) is 0 Å². The first kappa shape index (κ1) is 17.7. The SMILES string of the molecule is CNC1C(O)C(OC2C(N)CC(N)C(=O)C2O)OCC1(C)O. The molecule has 0 aromatic rings. The summed E-state index contributed by atoms with van der Waals surface area (Å²) in [6, 6.07) is -2.18. The van der Waals surface area contributed by atoms with Gasteiger partial charge in [-0.1, -0.05) is 0 Å². The van der Waals surface area contributed by atoms with E-state index >= 15 is 0 Å². The zero-order chi connectivity index (χ0) is 16.7. The highest BCUT2D eigenvalue weighted by atomic mass is 16.7. The van der Waals surface area contributed by atoms with E-state index in [-0.39, 0.29) is 13.0 Å². The van der Waals surface area contributed by atoms with Gasteiger partial charge < -0.3 is 41.6 Å². The van der Waals surface area contributed by atoms with Crippen molar-refractivity contribution in [3.63, 3.8) is 0 Å². The van der Waals surface area contributed by atoms with Crippen LogP contribution in [0.15, 0.2) is 0 Å². The largest absolute Gasteiger partial charge is 0.386 e. The molecule has 2 rings (SSSR count). The van der Waals surface area contributed by atoms with Gasteiger partial charge in [-0.15, -0.1) is 0 Å². The molecule has 0 amide bonds. The van der Waals surface area contributed by atoms with Gasteiger partial charge in [0.1, 0.15) is 23.9 Å². The molecule has 8 unspecified atom stereocenters. The Labute approximate surface area is 128 Å². The molecule has 1 aliphatic heterocycles. The van der Waals surface area contributed by atoms with Crippen molar-refractivity contribution in [2.75, 3.05) is 13.7 Å². The molecule has 1 saturated carbocycles. The van der Waals surface area contributed by atoms with Gasteiger partial charge in [-0.3, -0.25) is 4.79 Å². The Morgan fingerprint density at radius 1 is 1.41 bits per heavy atom. The van der Waals surface area contributed by atoms with Gasteiger partial charge in [0.05, 0.1) is 18.7 Å². The zero-order valence-electron chi connectivity index (χ0n) is 12.7. The zero-order valence-corrected chi connectivity index (χ0v) is 12.7. The average molecular weight is 319 g/mol. The van der Waals surface area contributed by atoms with E-state index in [4.69, 9.17) is 20.9 Å². The molecule has 8 N–H and O–H groups in total. The van der Waals surface area contributed by atoms with Crippen molar-refractivity contribution in [1.82, 2.24) is 5.32 Å². The summed E-state index contributed by atoms with van der Waals surface area (Å²) in [7, 11) is 1.59. The highest BCUT2D eigenvalue weighted by Crippen LogP contribution is 2.27. The minimum absolute atomic E-state index is 0.0776. The third-order valence-corrected chi connectivity index (χ3v) is 4.35. The number of ketones is 1. The van der Waals surface area contributed by atoms with Crippen LogP contribution >= 0.6 is 0 Å². The van der Waals surface area contributed by atoms with E-state index in [1.54, 1.807) is 7.05 Å². The Kier molecular flexibility index (Phi) is 5.20. The summed E-state index contributed by atoms with van der Waals surface area (Å²) in [5.74, 6) is -0.547. The first-order chi connectivity index (χ1) is 10.2. The molecular formula is C13H25N3O6. The molecule has 8 atom stereocenters. The van der Waals surface area contributed by atoms with Crippen LogP contribution in [0.5, 0.6) is 0 Å². The standard InChI is InChI=1S/C13H25N3O6/c1-13(20)4-21-12(9(19)11(13)16-2)22-10-6(15)3-5(14)7(17)8(10)18/h5-6,8-12,16,18-20H,3-4,14-15H2,1-2H3. The number of aliphatic hydroxyl groups is 3. The lowest BCUT2D eigenvalue weighted by Gasteiger charge is -2.46. The lowest BCUT2D eigenvalue weighted by molar-refractivity contribution is -0.289. The van der Waals surface area contributed by atoms with Crippen LogP contribution in [0.3, 0.4) is 0 Å². The van der Waals surface area contributed by atoms with Crippen LogP contribution in [0.2, 0.25) is 0 Å². The second kappa shape index (κ2) is 6.46. The van der Waals surface area contributed by atoms with E-state index in [0.717, 1.165) is 0 Å². The highest BCUT2D eigenvalue weighted by molar-refractivity contribution is 5.89. The van der Waals surface area contributed by atoms with Gasteiger partial charge >= 0.3 is 0 Å². The Bertz CT molecular complexity index is 421. The van der Waals surface area contributed by atoms with Gasteiger partial charge in [-0.25, -0.2) is 0 Å². The quantitative estimate of drug-likeness (QED) is 0.309. The van der Waals surface area contributed by atoms with Gasteiger partial charge in [0.2, 0.25) is 0 Å². The summed E-state index contributed by atoms with van der Waals surface area (Å²) in [5, 5.41) is 33.2. The van der Waals surface area contributed by atoms with Crippen LogP contribution in [0.25, 0.3) is 0 Å². The lowest BCUT2D eigenvalue weighted by Crippen LogP contribution is -2.67. The summed E-state index contributed by atoms with van der Waals surface area (Å²) < 4.78 is 10.9. The van der Waals surface area contributed by atoms with Gasteiger partial charge in [-0.05, 0) is 20.4 Å². The minimum Gasteiger partial charge on any atom is -0.386 e. The van der Waals surface area contributed by atoms with Crippen molar-refractivity contribution in [1.29, 1.82) is 0 Å². The summed E-state index contributed by atoms with van der Waals surface area (Å²) in [6.45, 7) is 1.45. The van der Waals surface area contributed by atoms with Crippen molar-refractivity contribution in [3.05, 3.63) is 0 Å². The summed E-state index contributed by atoms with van der Waals surface area (Å²) in [6.07, 6.45) is -4.63. The molecule has 0 spiro atoms. The fourth-order valence-corrected chi connectivity index (χ4v) is 3.05. The number of nitrogens with one attached hydrogen (secondary N) is 1. The fourth-order valence-electron chi connectivity index (χ4n) is 3.05. The molecule has 0 aromatic carbocycles. The first-order valence-corrected chi connectivity index (χ1v) is 7.26. The Hall–Kier alpha value is -0.650. The number of hydrogen-bond donors (Lipinski definition) is 6. The second-order valence-corrected chi connectivity index (χ2v) is 6.25. The topological polar surface area (TPSA) is 160 Å². The number of Topliss-reactive ketones (excluding diaryl/α,β-unsaturated/α-hetero) is 1. The minimum atomic E-state index is -1.47. The van der Waals surface area contributed by atoms with Crippen LogP contribution in [0.4, 0.5) is 0 Å². The number of rotatable bonds is 3. The number of aliphatic hydroxyl groups excluding tert-OH is 2. The lowest BCUT2D eigenvalue weighted by atomic mass is 9.85. The fraction of sp³-hybridized carbons (Fsp3) is 0.923. The molecule has 1 saturated heterocycles. The Morgan fingerprint density at radius 3 is 2.64 bits per heavy atom. The van der Waals surface area contributed by atoms with Crippen molar-refractivity contribution in [2.24, 2.45) is 11.5 Å². The summed E-state index contributed by atoms with van der Waals surface area (Å²) in [5.41, 5.74) is 10.2. The molecular weight excluding hydrogens is 294 g/mol. The number of carbonyl (C=O) groups excluding carboxylic acids is 1. The van der Waals surface area contributed by atoms with E-state index in [1.807, 2.05) is 0 Å². The van der Waals surface area contributed by atoms with Gasteiger partial charge in [0.25, 0.3) is 0 Å². The van der Waals surface area contributed by atoms with Crippen LogP contribution in [0.1, 0.15) is 13.3 Å². The van der Waals surface area contributed by atoms with E-state index in [1.165, 1.54) is 6.92 Å². The van der Waals surface area contributed by atoms with E-state index in [0.29, 0.717) is 0 Å². The Morgan fingerprint density at radius 2 is 2.05 bits per heavy atom. The maximum absolute atomic E-state index is 11.8. The maximum Gasteiger partial charge on any atom is 0.185 e. The average Bonchev–Trinajstić information content (AvgIpc) is 2.43. The van der Waals surface area contributed by atoms with Crippen molar-refractivity contribution < 1.29 is 29.6 Å². The number of likely N-dealkylation sites (N-methyl/N-ethyl adjacent to an activating group) is 1. The van der Waals surface area contributed by atoms with E-state index in [2.05, 4.69) is 5.32 Å². The van der Waals surface area contributed by atoms with Gasteiger partial charge in [-0.2, -0.15) is 0 Å². The molecule has 0 bridgehead atoms. The molecule has 2 aliphatic rings. The molecule has 2 fully saturated rings. The molecule has 9 nitrogen and oxygen atoms in total. The summed E-state index contributed by atoms with van der Waals surface area (Å²) >= 11 is 0. The van der Waals surface area contributed by atoms with Gasteiger partial charge in [0, 0.05) is 6.04 Å². The molecule has 128 valence electrons. The molecule has 1 heterocycles. The predicted molar refractivity (Wildman–Crippen MR) is 75.7 cm³/mol. The van der Waals surface area contributed by atoms with Gasteiger partial charge in [0.15, 0.2) is 12.1 Å². The Balaban J connectivity index is 2.08. The smallest absolute Gasteiger partial charge is 0.185 e. The number of carbonyl (C=O) groups is 1. The monoisotopic (exact) mass is 319 g/mol. The van der Waals surface area contributed by atoms with E-state index in [9.17, 15) is 20.1 Å². The molecule has 0 aromatic heterocycles. The summed E-state index contributed by atoms with van der Waals surface area (Å²) in [4.78, 5) is 11.8. The maximum atomic E-state index is 11.8. The first-order valence-electron chi connectivity index (χ1n) is 7.26. The van der Waals surface area contributed by atoms with Crippen LogP contribution in [0, 0.1) is 0 Å².